The highest BCUT2D eigenvalue weighted by atomic mass is 32.2. The number of fused-ring (bicyclic) bond motifs is 1. The number of H-pyrrole nitrogens is 1. The SMILES string of the molecule is CC(C)(C)c1cc(NC(=O)Nc2nc3c([nH]2)C=CCC=C3)n(-c2ccc(CN3C(C)(C)C(=O)NS3(=O)=O)cc2)n1. The van der Waals surface area contributed by atoms with Crippen molar-refractivity contribution >= 4 is 46.1 Å². The summed E-state index contributed by atoms with van der Waals surface area (Å²) in [5.74, 6) is 0.196. The molecule has 210 valence electrons. The van der Waals surface area contributed by atoms with Crippen LogP contribution in [0.5, 0.6) is 0 Å². The maximum atomic E-state index is 12.9. The monoisotopic (exact) mass is 564 g/mol. The second-order valence-corrected chi connectivity index (χ2v) is 12.8. The van der Waals surface area contributed by atoms with Gasteiger partial charge < -0.3 is 4.98 Å². The number of amides is 3. The number of imidazole rings is 1. The molecule has 0 spiro atoms. The van der Waals surface area contributed by atoms with E-state index >= 15 is 0 Å². The minimum atomic E-state index is -3.92. The van der Waals surface area contributed by atoms with Crippen LogP contribution in [-0.2, 0) is 27.0 Å². The lowest BCUT2D eigenvalue weighted by molar-refractivity contribution is -0.125. The van der Waals surface area contributed by atoms with E-state index in [0.717, 1.165) is 27.8 Å². The van der Waals surface area contributed by atoms with Gasteiger partial charge in [0.25, 0.3) is 5.91 Å². The average molecular weight is 565 g/mol. The molecule has 1 aromatic carbocycles. The summed E-state index contributed by atoms with van der Waals surface area (Å²) in [6.07, 6.45) is 8.64. The van der Waals surface area contributed by atoms with E-state index < -0.39 is 27.7 Å². The molecule has 40 heavy (non-hydrogen) atoms. The normalized spacial score (nSPS) is 17.8. The van der Waals surface area contributed by atoms with Gasteiger partial charge in [-0.1, -0.05) is 45.1 Å². The Kier molecular flexibility index (Phi) is 6.66. The molecule has 0 unspecified atom stereocenters. The summed E-state index contributed by atoms with van der Waals surface area (Å²) >= 11 is 0. The van der Waals surface area contributed by atoms with Crippen LogP contribution < -0.4 is 15.4 Å². The lowest BCUT2D eigenvalue weighted by Crippen LogP contribution is -2.43. The predicted molar refractivity (Wildman–Crippen MR) is 153 cm³/mol. The van der Waals surface area contributed by atoms with Gasteiger partial charge in [0.15, 0.2) is 0 Å². The molecule has 12 nitrogen and oxygen atoms in total. The smallest absolute Gasteiger partial charge is 0.324 e. The van der Waals surface area contributed by atoms with Gasteiger partial charge in [0.2, 0.25) is 5.95 Å². The fourth-order valence-electron chi connectivity index (χ4n) is 4.35. The molecule has 13 heteroatoms. The summed E-state index contributed by atoms with van der Waals surface area (Å²) in [6, 6.07) is 8.42. The molecule has 2 aromatic heterocycles. The summed E-state index contributed by atoms with van der Waals surface area (Å²) in [4.78, 5) is 32.6. The van der Waals surface area contributed by atoms with Crippen LogP contribution in [0.1, 0.15) is 63.7 Å². The first-order valence-electron chi connectivity index (χ1n) is 12.8. The van der Waals surface area contributed by atoms with Crippen LogP contribution in [0.2, 0.25) is 0 Å². The van der Waals surface area contributed by atoms with Crippen LogP contribution in [0.25, 0.3) is 17.8 Å². The Hall–Kier alpha value is -4.23. The van der Waals surface area contributed by atoms with E-state index in [0.29, 0.717) is 23.0 Å². The third-order valence-electron chi connectivity index (χ3n) is 6.74. The highest BCUT2D eigenvalue weighted by Gasteiger charge is 2.50. The fourth-order valence-corrected chi connectivity index (χ4v) is 5.95. The average Bonchev–Trinajstić information content (AvgIpc) is 3.43. The first kappa shape index (κ1) is 27.3. The Morgan fingerprint density at radius 1 is 1.10 bits per heavy atom. The van der Waals surface area contributed by atoms with Crippen molar-refractivity contribution in [2.75, 3.05) is 10.6 Å². The number of carbonyl (C=O) groups excluding carboxylic acids is 2. The number of carbonyl (C=O) groups is 2. The summed E-state index contributed by atoms with van der Waals surface area (Å²) < 4.78 is 29.7. The molecule has 4 N–H and O–H groups in total. The van der Waals surface area contributed by atoms with Crippen molar-refractivity contribution in [1.82, 2.24) is 28.8 Å². The summed E-state index contributed by atoms with van der Waals surface area (Å²) in [6.45, 7) is 9.22. The summed E-state index contributed by atoms with van der Waals surface area (Å²) in [5, 5.41) is 10.3. The molecule has 2 aliphatic rings. The van der Waals surface area contributed by atoms with Gasteiger partial charge in [-0.15, -0.1) is 0 Å². The van der Waals surface area contributed by atoms with Crippen molar-refractivity contribution in [3.8, 4) is 5.69 Å². The minimum absolute atomic E-state index is 0.0196. The molecule has 0 bridgehead atoms. The van der Waals surface area contributed by atoms with Gasteiger partial charge >= 0.3 is 16.2 Å². The van der Waals surface area contributed by atoms with Crippen molar-refractivity contribution in [1.29, 1.82) is 0 Å². The number of allylic oxidation sites excluding steroid dienone is 2. The van der Waals surface area contributed by atoms with Crippen LogP contribution in [0.3, 0.4) is 0 Å². The highest BCUT2D eigenvalue weighted by Crippen LogP contribution is 2.29. The second kappa shape index (κ2) is 9.75. The van der Waals surface area contributed by atoms with Gasteiger partial charge in [0, 0.05) is 18.0 Å². The minimum Gasteiger partial charge on any atom is -0.324 e. The van der Waals surface area contributed by atoms with E-state index in [1.165, 1.54) is 0 Å². The molecule has 1 aliphatic heterocycles. The van der Waals surface area contributed by atoms with Crippen molar-refractivity contribution in [3.63, 3.8) is 0 Å². The number of aromatic amines is 1. The van der Waals surface area contributed by atoms with Crippen molar-refractivity contribution in [2.24, 2.45) is 0 Å². The zero-order chi connectivity index (χ0) is 28.9. The molecule has 1 fully saturated rings. The Bertz CT molecular complexity index is 1610. The van der Waals surface area contributed by atoms with Gasteiger partial charge in [0.05, 0.1) is 22.8 Å². The molecule has 5 rings (SSSR count). The molecule has 3 aromatic rings. The Morgan fingerprint density at radius 3 is 2.45 bits per heavy atom. The lowest BCUT2D eigenvalue weighted by atomic mass is 9.92. The van der Waals surface area contributed by atoms with E-state index in [-0.39, 0.29) is 12.0 Å². The number of aromatic nitrogens is 4. The highest BCUT2D eigenvalue weighted by molar-refractivity contribution is 7.88. The lowest BCUT2D eigenvalue weighted by Gasteiger charge is -2.25. The molecule has 0 radical (unpaired) electrons. The third kappa shape index (κ3) is 5.29. The summed E-state index contributed by atoms with van der Waals surface area (Å²) in [5.41, 5.74) is 2.18. The third-order valence-corrected chi connectivity index (χ3v) is 8.35. The first-order valence-corrected chi connectivity index (χ1v) is 14.2. The summed E-state index contributed by atoms with van der Waals surface area (Å²) in [7, 11) is -3.92. The topological polar surface area (TPSA) is 154 Å². The molecule has 0 atom stereocenters. The van der Waals surface area contributed by atoms with Gasteiger partial charge in [-0.2, -0.15) is 17.8 Å². The van der Waals surface area contributed by atoms with Crippen LogP contribution in [-0.4, -0.2) is 49.9 Å². The number of anilines is 2. The van der Waals surface area contributed by atoms with E-state index in [9.17, 15) is 18.0 Å². The number of hydrogen-bond acceptors (Lipinski definition) is 6. The fraction of sp³-hybridized carbons (Fsp3) is 0.333. The maximum Gasteiger partial charge on any atom is 0.327 e. The first-order chi connectivity index (χ1) is 18.7. The number of hydrogen-bond donors (Lipinski definition) is 4. The molecular weight excluding hydrogens is 532 g/mol. The zero-order valence-electron chi connectivity index (χ0n) is 22.9. The largest absolute Gasteiger partial charge is 0.327 e. The number of benzene rings is 1. The van der Waals surface area contributed by atoms with Crippen LogP contribution >= 0.6 is 0 Å². The zero-order valence-corrected chi connectivity index (χ0v) is 23.8. The van der Waals surface area contributed by atoms with Gasteiger partial charge in [-0.25, -0.2) is 19.2 Å². The number of nitrogens with zero attached hydrogens (tertiary/aromatic N) is 4. The van der Waals surface area contributed by atoms with Crippen molar-refractivity contribution in [2.45, 2.75) is 58.5 Å². The number of rotatable bonds is 5. The van der Waals surface area contributed by atoms with Crippen LogP contribution in [0.4, 0.5) is 16.6 Å². The Balaban J connectivity index is 1.37. The van der Waals surface area contributed by atoms with Gasteiger partial charge in [0.1, 0.15) is 11.4 Å². The molecule has 3 amide bonds. The van der Waals surface area contributed by atoms with E-state index in [1.807, 2.05) is 51.1 Å². The van der Waals surface area contributed by atoms with Crippen molar-refractivity contribution in [3.05, 3.63) is 65.1 Å². The molecule has 1 saturated heterocycles. The molecule has 0 saturated carbocycles. The van der Waals surface area contributed by atoms with E-state index in [1.54, 1.807) is 42.8 Å². The second-order valence-electron chi connectivity index (χ2n) is 11.2. The van der Waals surface area contributed by atoms with Crippen molar-refractivity contribution < 1.29 is 18.0 Å². The molecule has 1 aliphatic carbocycles. The maximum absolute atomic E-state index is 12.9. The molecule has 3 heterocycles. The standard InChI is InChI=1S/C27H32N8O4S/c1-26(2,3)21-15-22(30-25(37)31-24-28-19-9-7-6-8-10-20(19)29-24)35(32-21)18-13-11-17(12-14-18)16-34-27(4,5)23(36)33-40(34,38)39/h7-15H,6,16H2,1-5H3,(H,33,36)(H3,28,29,30,31,37). The van der Waals surface area contributed by atoms with Gasteiger partial charge in [-0.3, -0.25) is 15.4 Å². The van der Waals surface area contributed by atoms with Gasteiger partial charge in [-0.05, 0) is 50.1 Å². The number of nitrogens with one attached hydrogen (secondary N) is 4. The predicted octanol–water partition coefficient (Wildman–Crippen LogP) is 3.92. The Labute approximate surface area is 232 Å². The molecular formula is C27H32N8O4S. The van der Waals surface area contributed by atoms with E-state index in [2.05, 4.69) is 25.3 Å². The van der Waals surface area contributed by atoms with Crippen LogP contribution in [0.15, 0.2) is 42.5 Å². The van der Waals surface area contributed by atoms with Crippen LogP contribution in [0, 0.1) is 0 Å². The van der Waals surface area contributed by atoms with E-state index in [4.69, 9.17) is 5.10 Å². The number of urea groups is 1. The Morgan fingerprint density at radius 2 is 1.80 bits per heavy atom. The quantitative estimate of drug-likeness (QED) is 0.368.